The summed E-state index contributed by atoms with van der Waals surface area (Å²) in [6, 6.07) is 0.719. The zero-order chi connectivity index (χ0) is 9.38. The van der Waals surface area contributed by atoms with Crippen LogP contribution in [0, 0.1) is 0 Å². The van der Waals surface area contributed by atoms with Gasteiger partial charge >= 0.3 is 0 Å². The van der Waals surface area contributed by atoms with Crippen molar-refractivity contribution in [1.82, 2.24) is 9.55 Å². The molecule has 0 saturated heterocycles. The van der Waals surface area contributed by atoms with E-state index in [1.807, 2.05) is 6.33 Å². The molecule has 1 aromatic heterocycles. The summed E-state index contributed by atoms with van der Waals surface area (Å²) in [5.41, 5.74) is 1.28. The third kappa shape index (κ3) is 1.22. The Morgan fingerprint density at radius 3 is 3.00 bits per heavy atom. The first-order valence-electron chi connectivity index (χ1n) is 5.75. The molecule has 14 heavy (non-hydrogen) atoms. The summed E-state index contributed by atoms with van der Waals surface area (Å²) in [6.07, 6.45) is 9.87. The Balaban J connectivity index is 1.93. The van der Waals surface area contributed by atoms with Crippen LogP contribution in [0.4, 0.5) is 5.82 Å². The second-order valence-electron chi connectivity index (χ2n) is 4.42. The highest BCUT2D eigenvalue weighted by atomic mass is 15.2. The van der Waals surface area contributed by atoms with Crippen molar-refractivity contribution < 1.29 is 0 Å². The lowest BCUT2D eigenvalue weighted by molar-refractivity contribution is 0.520. The maximum absolute atomic E-state index is 4.50. The van der Waals surface area contributed by atoms with Gasteiger partial charge in [0.2, 0.25) is 0 Å². The summed E-state index contributed by atoms with van der Waals surface area (Å²) < 4.78 is 2.38. The highest BCUT2D eigenvalue weighted by molar-refractivity contribution is 5.44. The molecule has 2 aliphatic rings. The molecule has 0 radical (unpaired) electrons. The van der Waals surface area contributed by atoms with E-state index in [9.17, 15) is 0 Å². The Morgan fingerprint density at radius 2 is 2.14 bits per heavy atom. The van der Waals surface area contributed by atoms with Crippen LogP contribution in [0.2, 0.25) is 0 Å². The van der Waals surface area contributed by atoms with Gasteiger partial charge in [-0.25, -0.2) is 4.98 Å². The van der Waals surface area contributed by atoms with Gasteiger partial charge in [-0.2, -0.15) is 0 Å². The van der Waals surface area contributed by atoms with E-state index >= 15 is 0 Å². The Morgan fingerprint density at radius 1 is 1.29 bits per heavy atom. The van der Waals surface area contributed by atoms with E-state index in [0.717, 1.165) is 19.0 Å². The van der Waals surface area contributed by atoms with E-state index in [-0.39, 0.29) is 0 Å². The minimum atomic E-state index is 0.719. The quantitative estimate of drug-likeness (QED) is 0.738. The molecule has 1 aromatic rings. The van der Waals surface area contributed by atoms with Gasteiger partial charge in [0.25, 0.3) is 0 Å². The SMILES string of the molecule is c1nc2c(n1C1CCCC1)NCCC2. The zero-order valence-corrected chi connectivity index (χ0v) is 8.50. The molecule has 0 unspecified atom stereocenters. The van der Waals surface area contributed by atoms with Crippen molar-refractivity contribution >= 4 is 5.82 Å². The van der Waals surface area contributed by atoms with Crippen LogP contribution in [-0.4, -0.2) is 16.1 Å². The molecule has 0 atom stereocenters. The fourth-order valence-electron chi connectivity index (χ4n) is 2.70. The molecule has 1 fully saturated rings. The normalized spacial score (nSPS) is 22.0. The molecular formula is C11H17N3. The molecule has 2 heterocycles. The van der Waals surface area contributed by atoms with Gasteiger partial charge < -0.3 is 9.88 Å². The van der Waals surface area contributed by atoms with Crippen molar-refractivity contribution in [2.75, 3.05) is 11.9 Å². The predicted octanol–water partition coefficient (Wildman–Crippen LogP) is 2.36. The molecule has 76 valence electrons. The Hall–Kier alpha value is -0.990. The Labute approximate surface area is 84.5 Å². The molecule has 0 bridgehead atoms. The van der Waals surface area contributed by atoms with Gasteiger partial charge in [0, 0.05) is 12.6 Å². The minimum Gasteiger partial charge on any atom is -0.370 e. The van der Waals surface area contributed by atoms with E-state index < -0.39 is 0 Å². The van der Waals surface area contributed by atoms with E-state index in [0.29, 0.717) is 0 Å². The van der Waals surface area contributed by atoms with Gasteiger partial charge in [-0.3, -0.25) is 0 Å². The molecule has 0 amide bonds. The smallest absolute Gasteiger partial charge is 0.129 e. The van der Waals surface area contributed by atoms with Gasteiger partial charge in [-0.05, 0) is 25.7 Å². The summed E-state index contributed by atoms with van der Waals surface area (Å²) >= 11 is 0. The van der Waals surface area contributed by atoms with Crippen LogP contribution in [0.5, 0.6) is 0 Å². The number of aryl methyl sites for hydroxylation is 1. The number of nitrogens with zero attached hydrogens (tertiary/aromatic N) is 2. The average Bonchev–Trinajstić information content (AvgIpc) is 2.85. The number of aromatic nitrogens is 2. The van der Waals surface area contributed by atoms with E-state index in [1.54, 1.807) is 0 Å². The first-order valence-corrected chi connectivity index (χ1v) is 5.75. The van der Waals surface area contributed by atoms with Crippen LogP contribution in [-0.2, 0) is 6.42 Å². The van der Waals surface area contributed by atoms with Crippen molar-refractivity contribution in [3.63, 3.8) is 0 Å². The summed E-state index contributed by atoms with van der Waals surface area (Å²) in [6.45, 7) is 1.12. The number of nitrogens with one attached hydrogen (secondary N) is 1. The van der Waals surface area contributed by atoms with Gasteiger partial charge in [0.05, 0.1) is 12.0 Å². The number of anilines is 1. The van der Waals surface area contributed by atoms with Crippen LogP contribution < -0.4 is 5.32 Å². The third-order valence-corrected chi connectivity index (χ3v) is 3.47. The molecule has 3 nitrogen and oxygen atoms in total. The average molecular weight is 191 g/mol. The lowest BCUT2D eigenvalue weighted by Crippen LogP contribution is -2.16. The first kappa shape index (κ1) is 8.33. The topological polar surface area (TPSA) is 29.9 Å². The fraction of sp³-hybridized carbons (Fsp3) is 0.727. The lowest BCUT2D eigenvalue weighted by Gasteiger charge is -2.19. The standard InChI is InChI=1S/C11H17N3/c1-2-5-9(4-1)14-8-13-10-6-3-7-12-11(10)14/h8-9,12H,1-7H2. The number of rotatable bonds is 1. The molecule has 0 spiro atoms. The largest absolute Gasteiger partial charge is 0.370 e. The Kier molecular flexibility index (Phi) is 1.96. The van der Waals surface area contributed by atoms with Gasteiger partial charge in [0.1, 0.15) is 5.82 Å². The molecular weight excluding hydrogens is 174 g/mol. The van der Waals surface area contributed by atoms with Crippen LogP contribution in [0.25, 0.3) is 0 Å². The molecule has 1 N–H and O–H groups in total. The molecule has 0 aromatic carbocycles. The molecule has 3 rings (SSSR count). The van der Waals surface area contributed by atoms with Gasteiger partial charge in [-0.15, -0.1) is 0 Å². The van der Waals surface area contributed by atoms with Crippen LogP contribution in [0.1, 0.15) is 43.8 Å². The second-order valence-corrected chi connectivity index (χ2v) is 4.42. The predicted molar refractivity (Wildman–Crippen MR) is 56.5 cm³/mol. The Bertz CT molecular complexity index is 323. The molecule has 1 aliphatic carbocycles. The van der Waals surface area contributed by atoms with Gasteiger partial charge in [0.15, 0.2) is 0 Å². The first-order chi connectivity index (χ1) is 6.95. The zero-order valence-electron chi connectivity index (χ0n) is 8.50. The highest BCUT2D eigenvalue weighted by Crippen LogP contribution is 2.34. The number of hydrogen-bond acceptors (Lipinski definition) is 2. The van der Waals surface area contributed by atoms with Crippen molar-refractivity contribution in [3.05, 3.63) is 12.0 Å². The summed E-state index contributed by atoms with van der Waals surface area (Å²) in [7, 11) is 0. The number of fused-ring (bicyclic) bond motifs is 1. The van der Waals surface area contributed by atoms with Gasteiger partial charge in [-0.1, -0.05) is 12.8 Å². The maximum atomic E-state index is 4.50. The summed E-state index contributed by atoms with van der Waals surface area (Å²) in [5, 5.41) is 3.49. The highest BCUT2D eigenvalue weighted by Gasteiger charge is 2.22. The molecule has 3 heteroatoms. The summed E-state index contributed by atoms with van der Waals surface area (Å²) in [5.74, 6) is 1.31. The van der Waals surface area contributed by atoms with Crippen molar-refractivity contribution in [2.45, 2.75) is 44.6 Å². The third-order valence-electron chi connectivity index (χ3n) is 3.47. The van der Waals surface area contributed by atoms with Crippen LogP contribution in [0.3, 0.4) is 0 Å². The lowest BCUT2D eigenvalue weighted by atomic mass is 10.1. The van der Waals surface area contributed by atoms with E-state index in [4.69, 9.17) is 0 Å². The molecule has 1 saturated carbocycles. The minimum absolute atomic E-state index is 0.719. The molecule has 1 aliphatic heterocycles. The fourth-order valence-corrected chi connectivity index (χ4v) is 2.70. The maximum Gasteiger partial charge on any atom is 0.129 e. The van der Waals surface area contributed by atoms with Crippen LogP contribution in [0.15, 0.2) is 6.33 Å². The monoisotopic (exact) mass is 191 g/mol. The van der Waals surface area contributed by atoms with Crippen molar-refractivity contribution in [3.8, 4) is 0 Å². The van der Waals surface area contributed by atoms with Crippen molar-refractivity contribution in [1.29, 1.82) is 0 Å². The van der Waals surface area contributed by atoms with E-state index in [1.165, 1.54) is 43.6 Å². The number of imidazole rings is 1. The van der Waals surface area contributed by atoms with Crippen LogP contribution >= 0.6 is 0 Å². The second kappa shape index (κ2) is 3.30. The van der Waals surface area contributed by atoms with E-state index in [2.05, 4.69) is 14.9 Å². The summed E-state index contributed by atoms with van der Waals surface area (Å²) in [4.78, 5) is 4.50. The van der Waals surface area contributed by atoms with Crippen molar-refractivity contribution in [2.24, 2.45) is 0 Å². The number of hydrogen-bond donors (Lipinski definition) is 1.